The molecule has 1 aliphatic carbocycles. The van der Waals surface area contributed by atoms with Crippen LogP contribution in [0.25, 0.3) is 0 Å². The van der Waals surface area contributed by atoms with Gasteiger partial charge in [-0.25, -0.2) is 13.4 Å². The Balaban J connectivity index is 2.34. The summed E-state index contributed by atoms with van der Waals surface area (Å²) in [5, 5.41) is -0.0146. The van der Waals surface area contributed by atoms with Crippen LogP contribution >= 0.6 is 10.7 Å². The SMILES string of the molecule is CCc1nc(S(=O)(=O)Cl)cn1C1CCCC(C)C1. The molecule has 0 radical (unpaired) electrons. The molecule has 1 aromatic rings. The van der Waals surface area contributed by atoms with Crippen molar-refractivity contribution >= 4 is 19.7 Å². The Morgan fingerprint density at radius 3 is 2.78 bits per heavy atom. The van der Waals surface area contributed by atoms with Crippen molar-refractivity contribution in [2.45, 2.75) is 57.0 Å². The Morgan fingerprint density at radius 2 is 2.22 bits per heavy atom. The first-order chi connectivity index (χ1) is 8.41. The number of nitrogens with zero attached hydrogens (tertiary/aromatic N) is 2. The van der Waals surface area contributed by atoms with Crippen molar-refractivity contribution in [2.24, 2.45) is 5.92 Å². The number of halogens is 1. The van der Waals surface area contributed by atoms with Crippen molar-refractivity contribution in [1.29, 1.82) is 0 Å². The van der Waals surface area contributed by atoms with Crippen molar-refractivity contribution in [3.05, 3.63) is 12.0 Å². The van der Waals surface area contributed by atoms with Crippen LogP contribution in [-0.4, -0.2) is 18.0 Å². The van der Waals surface area contributed by atoms with Crippen LogP contribution in [0.2, 0.25) is 0 Å². The van der Waals surface area contributed by atoms with E-state index in [4.69, 9.17) is 10.7 Å². The third kappa shape index (κ3) is 2.88. The third-order valence-electron chi connectivity index (χ3n) is 3.65. The molecule has 2 unspecified atom stereocenters. The summed E-state index contributed by atoms with van der Waals surface area (Å²) in [6.45, 7) is 4.23. The fourth-order valence-corrected chi connectivity index (χ4v) is 3.43. The maximum atomic E-state index is 11.4. The quantitative estimate of drug-likeness (QED) is 0.804. The molecular formula is C12H19ClN2O2S. The third-order valence-corrected chi connectivity index (χ3v) is 4.83. The fourth-order valence-electron chi connectivity index (χ4n) is 2.76. The Bertz CT molecular complexity index is 524. The van der Waals surface area contributed by atoms with Crippen LogP contribution in [0, 0.1) is 5.92 Å². The molecule has 2 rings (SSSR count). The van der Waals surface area contributed by atoms with Gasteiger partial charge in [0.05, 0.1) is 0 Å². The molecule has 0 aliphatic heterocycles. The fraction of sp³-hybridized carbons (Fsp3) is 0.750. The van der Waals surface area contributed by atoms with Gasteiger partial charge in [0, 0.05) is 29.3 Å². The Morgan fingerprint density at radius 1 is 1.50 bits per heavy atom. The summed E-state index contributed by atoms with van der Waals surface area (Å²) < 4.78 is 24.7. The van der Waals surface area contributed by atoms with Crippen molar-refractivity contribution in [3.8, 4) is 0 Å². The smallest absolute Gasteiger partial charge is 0.280 e. The van der Waals surface area contributed by atoms with E-state index in [-0.39, 0.29) is 5.03 Å². The Labute approximate surface area is 113 Å². The van der Waals surface area contributed by atoms with E-state index in [1.54, 1.807) is 6.20 Å². The van der Waals surface area contributed by atoms with Crippen LogP contribution in [-0.2, 0) is 15.5 Å². The molecule has 4 nitrogen and oxygen atoms in total. The molecule has 102 valence electrons. The second-order valence-electron chi connectivity index (χ2n) is 5.12. The van der Waals surface area contributed by atoms with Crippen LogP contribution < -0.4 is 0 Å². The zero-order valence-corrected chi connectivity index (χ0v) is 12.3. The molecule has 1 aliphatic rings. The van der Waals surface area contributed by atoms with E-state index in [1.165, 1.54) is 12.8 Å². The summed E-state index contributed by atoms with van der Waals surface area (Å²) in [5.74, 6) is 1.50. The van der Waals surface area contributed by atoms with E-state index < -0.39 is 9.05 Å². The highest BCUT2D eigenvalue weighted by Crippen LogP contribution is 2.33. The monoisotopic (exact) mass is 290 g/mol. The predicted molar refractivity (Wildman–Crippen MR) is 71.3 cm³/mol. The highest BCUT2D eigenvalue weighted by molar-refractivity contribution is 8.13. The lowest BCUT2D eigenvalue weighted by Crippen LogP contribution is -2.18. The second-order valence-corrected chi connectivity index (χ2v) is 7.63. The minimum Gasteiger partial charge on any atom is -0.330 e. The number of aryl methyl sites for hydroxylation is 1. The van der Waals surface area contributed by atoms with Crippen LogP contribution in [0.5, 0.6) is 0 Å². The van der Waals surface area contributed by atoms with Crippen molar-refractivity contribution in [2.75, 3.05) is 0 Å². The van der Waals surface area contributed by atoms with Gasteiger partial charge in [0.15, 0.2) is 5.03 Å². The zero-order valence-electron chi connectivity index (χ0n) is 10.8. The van der Waals surface area contributed by atoms with Crippen LogP contribution in [0.3, 0.4) is 0 Å². The topological polar surface area (TPSA) is 52.0 Å². The standard InChI is InChI=1S/C12H19ClN2O2S/c1-3-11-14-12(18(13,16)17)8-15(11)10-6-4-5-9(2)7-10/h8-10H,3-7H2,1-2H3. The minimum absolute atomic E-state index is 0.0146. The highest BCUT2D eigenvalue weighted by Gasteiger charge is 2.25. The summed E-state index contributed by atoms with van der Waals surface area (Å²) >= 11 is 0. The number of hydrogen-bond acceptors (Lipinski definition) is 3. The summed E-state index contributed by atoms with van der Waals surface area (Å²) in [6, 6.07) is 0.364. The molecule has 0 bridgehead atoms. The van der Waals surface area contributed by atoms with E-state index in [0.717, 1.165) is 25.1 Å². The molecule has 0 N–H and O–H groups in total. The average Bonchev–Trinajstić information content (AvgIpc) is 2.72. The second kappa shape index (κ2) is 5.21. The molecular weight excluding hydrogens is 272 g/mol. The average molecular weight is 291 g/mol. The number of aromatic nitrogens is 2. The first-order valence-corrected chi connectivity index (χ1v) is 8.75. The Hall–Kier alpha value is -0.550. The maximum absolute atomic E-state index is 11.4. The molecule has 0 spiro atoms. The lowest BCUT2D eigenvalue weighted by atomic mass is 9.87. The lowest BCUT2D eigenvalue weighted by Gasteiger charge is -2.28. The normalized spacial score (nSPS) is 25.3. The van der Waals surface area contributed by atoms with Gasteiger partial charge in [0.25, 0.3) is 9.05 Å². The maximum Gasteiger partial charge on any atom is 0.280 e. The Kier molecular flexibility index (Phi) is 4.02. The van der Waals surface area contributed by atoms with Gasteiger partial charge in [-0.15, -0.1) is 0 Å². The van der Waals surface area contributed by atoms with Gasteiger partial charge in [0.1, 0.15) is 5.82 Å². The summed E-state index contributed by atoms with van der Waals surface area (Å²) in [4.78, 5) is 4.14. The van der Waals surface area contributed by atoms with Crippen LogP contribution in [0.1, 0.15) is 51.4 Å². The molecule has 18 heavy (non-hydrogen) atoms. The summed E-state index contributed by atoms with van der Waals surface area (Å²) in [7, 11) is 1.64. The van der Waals surface area contributed by atoms with Gasteiger partial charge >= 0.3 is 0 Å². The number of rotatable bonds is 3. The highest BCUT2D eigenvalue weighted by atomic mass is 35.7. The number of hydrogen-bond donors (Lipinski definition) is 0. The van der Waals surface area contributed by atoms with Crippen molar-refractivity contribution < 1.29 is 8.42 Å². The molecule has 1 heterocycles. The summed E-state index contributed by atoms with van der Waals surface area (Å²) in [5.41, 5.74) is 0. The van der Waals surface area contributed by atoms with E-state index in [0.29, 0.717) is 12.0 Å². The molecule has 2 atom stereocenters. The first-order valence-electron chi connectivity index (χ1n) is 6.44. The number of imidazole rings is 1. The largest absolute Gasteiger partial charge is 0.330 e. The molecule has 0 saturated heterocycles. The van der Waals surface area contributed by atoms with E-state index >= 15 is 0 Å². The van der Waals surface area contributed by atoms with Gasteiger partial charge in [-0.1, -0.05) is 26.7 Å². The van der Waals surface area contributed by atoms with Gasteiger partial charge in [-0.3, -0.25) is 0 Å². The van der Waals surface area contributed by atoms with E-state index in [2.05, 4.69) is 11.9 Å². The van der Waals surface area contributed by atoms with Gasteiger partial charge in [0.2, 0.25) is 0 Å². The molecule has 1 aromatic heterocycles. The van der Waals surface area contributed by atoms with Crippen LogP contribution in [0.4, 0.5) is 0 Å². The minimum atomic E-state index is -3.73. The van der Waals surface area contributed by atoms with Gasteiger partial charge in [-0.05, 0) is 18.8 Å². The summed E-state index contributed by atoms with van der Waals surface area (Å²) in [6.07, 6.45) is 6.95. The van der Waals surface area contributed by atoms with E-state index in [9.17, 15) is 8.42 Å². The first kappa shape index (κ1) is 13.9. The molecule has 1 saturated carbocycles. The van der Waals surface area contributed by atoms with Crippen molar-refractivity contribution in [3.63, 3.8) is 0 Å². The molecule has 1 fully saturated rings. The van der Waals surface area contributed by atoms with Crippen molar-refractivity contribution in [1.82, 2.24) is 9.55 Å². The van der Waals surface area contributed by atoms with Crippen LogP contribution in [0.15, 0.2) is 11.2 Å². The van der Waals surface area contributed by atoms with E-state index in [1.807, 2.05) is 11.5 Å². The molecule has 6 heteroatoms. The predicted octanol–water partition coefficient (Wildman–Crippen LogP) is 3.12. The zero-order chi connectivity index (χ0) is 13.3. The lowest BCUT2D eigenvalue weighted by molar-refractivity contribution is 0.278. The molecule has 0 amide bonds. The van der Waals surface area contributed by atoms with Gasteiger partial charge in [-0.2, -0.15) is 0 Å². The van der Waals surface area contributed by atoms with Gasteiger partial charge < -0.3 is 4.57 Å². The molecule has 0 aromatic carbocycles.